The van der Waals surface area contributed by atoms with E-state index < -0.39 is 11.5 Å². The van der Waals surface area contributed by atoms with Crippen molar-refractivity contribution in [1.82, 2.24) is 5.32 Å². The van der Waals surface area contributed by atoms with Crippen LogP contribution in [-0.2, 0) is 11.2 Å². The summed E-state index contributed by atoms with van der Waals surface area (Å²) in [7, 11) is 0. The van der Waals surface area contributed by atoms with Crippen molar-refractivity contribution in [3.05, 3.63) is 35.4 Å². The molecule has 2 N–H and O–H groups in total. The van der Waals surface area contributed by atoms with Crippen LogP contribution in [0.25, 0.3) is 0 Å². The summed E-state index contributed by atoms with van der Waals surface area (Å²) < 4.78 is 0. The number of amides is 1. The monoisotopic (exact) mass is 288 g/mol. The molecule has 0 heterocycles. The van der Waals surface area contributed by atoms with Gasteiger partial charge in [0.25, 0.3) is 5.91 Å². The largest absolute Gasteiger partial charge is 0.481 e. The summed E-state index contributed by atoms with van der Waals surface area (Å²) in [5.74, 6) is -1.22. The molecule has 0 atom stereocenters. The van der Waals surface area contributed by atoms with Gasteiger partial charge in [-0.25, -0.2) is 0 Å². The van der Waals surface area contributed by atoms with E-state index in [1.807, 2.05) is 19.9 Å². The summed E-state index contributed by atoms with van der Waals surface area (Å²) in [5, 5.41) is 20.5. The first-order chi connectivity index (χ1) is 9.96. The van der Waals surface area contributed by atoms with E-state index in [2.05, 4.69) is 5.32 Å². The fourth-order valence-electron chi connectivity index (χ4n) is 2.19. The molecule has 0 aliphatic carbocycles. The lowest BCUT2D eigenvalue weighted by Gasteiger charge is -2.31. The summed E-state index contributed by atoms with van der Waals surface area (Å²) in [6.45, 7) is 3.73. The van der Waals surface area contributed by atoms with Crippen molar-refractivity contribution in [2.24, 2.45) is 0 Å². The molecule has 0 aliphatic rings. The van der Waals surface area contributed by atoms with E-state index in [1.165, 1.54) is 0 Å². The smallest absolute Gasteiger partial charge is 0.305 e. The van der Waals surface area contributed by atoms with Crippen LogP contribution in [0.2, 0.25) is 0 Å². The molecule has 1 aromatic carbocycles. The zero-order valence-corrected chi connectivity index (χ0v) is 12.3. The first-order valence-corrected chi connectivity index (χ1v) is 6.96. The summed E-state index contributed by atoms with van der Waals surface area (Å²) >= 11 is 0. The third-order valence-corrected chi connectivity index (χ3v) is 3.72. The number of carboxylic acids is 1. The predicted molar refractivity (Wildman–Crippen MR) is 78.8 cm³/mol. The quantitative estimate of drug-likeness (QED) is 0.806. The van der Waals surface area contributed by atoms with E-state index in [-0.39, 0.29) is 12.3 Å². The van der Waals surface area contributed by atoms with Gasteiger partial charge < -0.3 is 10.4 Å². The second kappa shape index (κ2) is 7.44. The lowest BCUT2D eigenvalue weighted by Crippen LogP contribution is -2.49. The van der Waals surface area contributed by atoms with Crippen molar-refractivity contribution in [3.8, 4) is 6.07 Å². The highest BCUT2D eigenvalue weighted by Gasteiger charge is 2.31. The molecule has 1 rings (SSSR count). The Labute approximate surface area is 124 Å². The van der Waals surface area contributed by atoms with Gasteiger partial charge in [0.1, 0.15) is 0 Å². The van der Waals surface area contributed by atoms with Gasteiger partial charge in [-0.05, 0) is 30.5 Å². The molecule has 1 aromatic rings. The summed E-state index contributed by atoms with van der Waals surface area (Å²) in [6.07, 6.45) is 1.30. The van der Waals surface area contributed by atoms with E-state index in [4.69, 9.17) is 10.4 Å². The number of hydrogen-bond acceptors (Lipinski definition) is 3. The molecule has 0 saturated carbocycles. The molecule has 112 valence electrons. The highest BCUT2D eigenvalue weighted by molar-refractivity contribution is 5.95. The number of nitrogens with one attached hydrogen (secondary N) is 1. The average Bonchev–Trinajstić information content (AvgIpc) is 2.47. The van der Waals surface area contributed by atoms with Crippen LogP contribution >= 0.6 is 0 Å². The topological polar surface area (TPSA) is 90.2 Å². The zero-order valence-electron chi connectivity index (χ0n) is 12.3. The normalized spacial score (nSPS) is 10.7. The summed E-state index contributed by atoms with van der Waals surface area (Å²) in [4.78, 5) is 23.2. The van der Waals surface area contributed by atoms with Crippen LogP contribution in [-0.4, -0.2) is 22.5 Å². The molecule has 1 amide bonds. The van der Waals surface area contributed by atoms with Crippen molar-refractivity contribution in [2.45, 2.75) is 45.1 Å². The molecule has 5 nitrogen and oxygen atoms in total. The second-order valence-corrected chi connectivity index (χ2v) is 5.04. The van der Waals surface area contributed by atoms with E-state index in [0.29, 0.717) is 24.8 Å². The first-order valence-electron chi connectivity index (χ1n) is 6.96. The summed E-state index contributed by atoms with van der Waals surface area (Å²) in [5.41, 5.74) is 0.582. The van der Waals surface area contributed by atoms with Crippen molar-refractivity contribution in [2.75, 3.05) is 0 Å². The molecule has 0 fully saturated rings. The van der Waals surface area contributed by atoms with Crippen LogP contribution in [0.5, 0.6) is 0 Å². The molecule has 0 saturated heterocycles. The minimum Gasteiger partial charge on any atom is -0.481 e. The predicted octanol–water partition coefficient (Wildman–Crippen LogP) is 2.52. The Morgan fingerprint density at radius 3 is 2.24 bits per heavy atom. The van der Waals surface area contributed by atoms with Crippen LogP contribution in [0.1, 0.15) is 49.0 Å². The molecule has 0 unspecified atom stereocenters. The van der Waals surface area contributed by atoms with Crippen LogP contribution in [0, 0.1) is 11.3 Å². The minimum atomic E-state index is -0.927. The Morgan fingerprint density at radius 1 is 1.24 bits per heavy atom. The maximum atomic E-state index is 12.3. The molecule has 0 aliphatic heterocycles. The fraction of sp³-hybridized carbons (Fsp3) is 0.438. The zero-order chi connectivity index (χ0) is 15.9. The lowest BCUT2D eigenvalue weighted by molar-refractivity contribution is -0.138. The SMILES string of the molecule is CCC(CC)(CC(=O)O)NC(=O)c1ccc(CC#N)cc1. The Bertz CT molecular complexity index is 540. The molecule has 0 radical (unpaired) electrons. The van der Waals surface area contributed by atoms with Gasteiger partial charge in [-0.3, -0.25) is 9.59 Å². The van der Waals surface area contributed by atoms with E-state index in [1.54, 1.807) is 24.3 Å². The van der Waals surface area contributed by atoms with Gasteiger partial charge in [0.05, 0.1) is 24.4 Å². The van der Waals surface area contributed by atoms with Crippen LogP contribution in [0.3, 0.4) is 0 Å². The van der Waals surface area contributed by atoms with Gasteiger partial charge in [-0.2, -0.15) is 5.26 Å². The van der Waals surface area contributed by atoms with Crippen molar-refractivity contribution in [3.63, 3.8) is 0 Å². The van der Waals surface area contributed by atoms with Crippen molar-refractivity contribution < 1.29 is 14.7 Å². The molecule has 0 bridgehead atoms. The van der Waals surface area contributed by atoms with Crippen LogP contribution in [0.15, 0.2) is 24.3 Å². The van der Waals surface area contributed by atoms with Crippen LogP contribution in [0.4, 0.5) is 0 Å². The van der Waals surface area contributed by atoms with Crippen molar-refractivity contribution in [1.29, 1.82) is 5.26 Å². The summed E-state index contributed by atoms with van der Waals surface area (Å²) in [6, 6.07) is 8.81. The molecular formula is C16H20N2O3. The number of aliphatic carboxylic acids is 1. The van der Waals surface area contributed by atoms with Gasteiger partial charge in [0, 0.05) is 5.56 Å². The van der Waals surface area contributed by atoms with Gasteiger partial charge in [0.2, 0.25) is 0 Å². The van der Waals surface area contributed by atoms with Crippen molar-refractivity contribution >= 4 is 11.9 Å². The van der Waals surface area contributed by atoms with Crippen LogP contribution < -0.4 is 5.32 Å². The maximum absolute atomic E-state index is 12.3. The van der Waals surface area contributed by atoms with Gasteiger partial charge >= 0.3 is 5.97 Å². The van der Waals surface area contributed by atoms with Gasteiger partial charge in [0.15, 0.2) is 0 Å². The maximum Gasteiger partial charge on any atom is 0.305 e. The molecule has 0 spiro atoms. The Kier molecular flexibility index (Phi) is 5.92. The van der Waals surface area contributed by atoms with E-state index in [0.717, 1.165) is 5.56 Å². The molecule has 21 heavy (non-hydrogen) atoms. The Morgan fingerprint density at radius 2 is 1.81 bits per heavy atom. The number of hydrogen-bond donors (Lipinski definition) is 2. The average molecular weight is 288 g/mol. The minimum absolute atomic E-state index is 0.0990. The number of nitriles is 1. The fourth-order valence-corrected chi connectivity index (χ4v) is 2.19. The molecule has 5 heteroatoms. The number of rotatable bonds is 7. The number of benzene rings is 1. The second-order valence-electron chi connectivity index (χ2n) is 5.04. The number of carboxylic acid groups (broad SMARTS) is 1. The van der Waals surface area contributed by atoms with Gasteiger partial charge in [-0.15, -0.1) is 0 Å². The van der Waals surface area contributed by atoms with E-state index in [9.17, 15) is 9.59 Å². The third kappa shape index (κ3) is 4.60. The molecular weight excluding hydrogens is 268 g/mol. The number of nitrogens with zero attached hydrogens (tertiary/aromatic N) is 1. The Balaban J connectivity index is 2.86. The highest BCUT2D eigenvalue weighted by atomic mass is 16.4. The number of carbonyl (C=O) groups excluding carboxylic acids is 1. The molecule has 0 aromatic heterocycles. The standard InChI is InChI=1S/C16H20N2O3/c1-3-16(4-2,11-14(19)20)18-15(21)13-7-5-12(6-8-13)9-10-17/h5-8H,3-4,9,11H2,1-2H3,(H,18,21)(H,19,20). The lowest BCUT2D eigenvalue weighted by atomic mass is 9.88. The number of carbonyl (C=O) groups is 2. The Hall–Kier alpha value is -2.35. The third-order valence-electron chi connectivity index (χ3n) is 3.72. The first kappa shape index (κ1) is 16.7. The highest BCUT2D eigenvalue weighted by Crippen LogP contribution is 2.20. The van der Waals surface area contributed by atoms with Gasteiger partial charge in [-0.1, -0.05) is 26.0 Å². The van der Waals surface area contributed by atoms with E-state index >= 15 is 0 Å².